The summed E-state index contributed by atoms with van der Waals surface area (Å²) in [6.07, 6.45) is 2.35. The molecule has 2 aromatic carbocycles. The Morgan fingerprint density at radius 1 is 0.893 bits per heavy atom. The second kappa shape index (κ2) is 8.95. The van der Waals surface area contributed by atoms with Gasteiger partial charge in [0.15, 0.2) is 6.23 Å². The molecule has 0 saturated carbocycles. The second-order valence-corrected chi connectivity index (χ2v) is 6.59. The van der Waals surface area contributed by atoms with Crippen LogP contribution in [0.15, 0.2) is 65.9 Å². The van der Waals surface area contributed by atoms with Gasteiger partial charge < -0.3 is 24.2 Å². The molecule has 0 saturated heterocycles. The molecule has 1 aliphatic heterocycles. The Bertz CT molecular complexity index is 853. The molecule has 0 fully saturated rings. The number of aliphatic hydroxyl groups excluding tert-OH is 1. The highest BCUT2D eigenvalue weighted by atomic mass is 16.5. The minimum atomic E-state index is -0.288. The molecule has 0 aliphatic carbocycles. The number of benzene rings is 2. The predicted molar refractivity (Wildman–Crippen MR) is 112 cm³/mol. The molecule has 0 bridgehead atoms. The highest BCUT2D eigenvalue weighted by Crippen LogP contribution is 2.38. The van der Waals surface area contributed by atoms with E-state index in [0.717, 1.165) is 39.5 Å². The van der Waals surface area contributed by atoms with Crippen LogP contribution in [-0.2, 0) is 4.74 Å². The smallest absolute Gasteiger partial charge is 0.160 e. The number of aliphatic hydroxyl groups is 1. The summed E-state index contributed by atoms with van der Waals surface area (Å²) in [5.41, 5.74) is 5.33. The molecular weight excluding hydrogens is 354 g/mol. The van der Waals surface area contributed by atoms with Crippen LogP contribution in [0.5, 0.6) is 11.5 Å². The summed E-state index contributed by atoms with van der Waals surface area (Å²) < 4.78 is 16.5. The first-order valence-electron chi connectivity index (χ1n) is 9.25. The summed E-state index contributed by atoms with van der Waals surface area (Å²) in [5.74, 6) is 1.61. The van der Waals surface area contributed by atoms with Crippen LogP contribution in [0.4, 0.5) is 5.69 Å². The van der Waals surface area contributed by atoms with Gasteiger partial charge in [-0.3, -0.25) is 0 Å². The lowest BCUT2D eigenvalue weighted by Crippen LogP contribution is -2.37. The molecular formula is C23H27NO4. The normalized spacial score (nSPS) is 16.8. The number of rotatable bonds is 7. The summed E-state index contributed by atoms with van der Waals surface area (Å²) in [7, 11) is 5.02. The summed E-state index contributed by atoms with van der Waals surface area (Å²) >= 11 is 0. The molecule has 0 amide bonds. The molecule has 1 atom stereocenters. The van der Waals surface area contributed by atoms with Gasteiger partial charge in [-0.25, -0.2) is 0 Å². The maximum atomic E-state index is 9.56. The Morgan fingerprint density at radius 3 is 1.96 bits per heavy atom. The van der Waals surface area contributed by atoms with Gasteiger partial charge in [-0.15, -0.1) is 0 Å². The van der Waals surface area contributed by atoms with Crippen molar-refractivity contribution in [3.05, 3.63) is 71.4 Å². The summed E-state index contributed by atoms with van der Waals surface area (Å²) in [6.45, 7) is 2.17. The van der Waals surface area contributed by atoms with Crippen molar-refractivity contribution in [2.75, 3.05) is 32.8 Å². The van der Waals surface area contributed by atoms with Crippen LogP contribution in [0.1, 0.15) is 18.9 Å². The summed E-state index contributed by atoms with van der Waals surface area (Å²) in [6, 6.07) is 15.8. The summed E-state index contributed by atoms with van der Waals surface area (Å²) in [5, 5.41) is 9.56. The molecule has 148 valence electrons. The Labute approximate surface area is 166 Å². The van der Waals surface area contributed by atoms with Crippen LogP contribution >= 0.6 is 0 Å². The van der Waals surface area contributed by atoms with Gasteiger partial charge in [-0.2, -0.15) is 0 Å². The zero-order chi connectivity index (χ0) is 20.1. The van der Waals surface area contributed by atoms with Crippen LogP contribution in [0.3, 0.4) is 0 Å². The van der Waals surface area contributed by atoms with Crippen LogP contribution in [0.2, 0.25) is 0 Å². The number of hydrogen-bond acceptors (Lipinski definition) is 5. The van der Waals surface area contributed by atoms with Crippen molar-refractivity contribution < 1.29 is 19.3 Å². The fourth-order valence-corrected chi connectivity index (χ4v) is 3.53. The average Bonchev–Trinajstić information content (AvgIpc) is 2.75. The summed E-state index contributed by atoms with van der Waals surface area (Å²) in [4.78, 5) is 2.09. The number of methoxy groups -OCH3 is 3. The van der Waals surface area contributed by atoms with Gasteiger partial charge in [0.25, 0.3) is 0 Å². The van der Waals surface area contributed by atoms with E-state index < -0.39 is 0 Å². The Hall–Kier alpha value is -2.76. The number of anilines is 1. The standard InChI is InChI=1S/C23H27NO4/c1-16-18(13-14-25)15-24(19-7-11-21(27-3)12-8-19)23(28-4)22(16)17-5-9-20(26-2)10-6-17/h5-12,15,23,25H,13-14H2,1-4H3. The monoisotopic (exact) mass is 381 g/mol. The topological polar surface area (TPSA) is 51.2 Å². The lowest BCUT2D eigenvalue weighted by Gasteiger charge is -2.37. The molecule has 0 radical (unpaired) electrons. The van der Waals surface area contributed by atoms with E-state index in [1.54, 1.807) is 21.3 Å². The third kappa shape index (κ3) is 3.91. The number of ether oxygens (including phenoxy) is 3. The average molecular weight is 381 g/mol. The van der Waals surface area contributed by atoms with Crippen LogP contribution in [-0.4, -0.2) is 39.3 Å². The van der Waals surface area contributed by atoms with Gasteiger partial charge in [0.2, 0.25) is 0 Å². The molecule has 0 aromatic heterocycles. The Morgan fingerprint density at radius 2 is 1.46 bits per heavy atom. The third-order valence-electron chi connectivity index (χ3n) is 5.06. The molecule has 0 spiro atoms. The fourth-order valence-electron chi connectivity index (χ4n) is 3.53. The highest BCUT2D eigenvalue weighted by molar-refractivity contribution is 5.80. The molecule has 3 rings (SSSR count). The van der Waals surface area contributed by atoms with Gasteiger partial charge in [-0.1, -0.05) is 12.1 Å². The van der Waals surface area contributed by atoms with E-state index in [-0.39, 0.29) is 12.8 Å². The van der Waals surface area contributed by atoms with Gasteiger partial charge >= 0.3 is 0 Å². The first-order chi connectivity index (χ1) is 13.6. The van der Waals surface area contributed by atoms with Gasteiger partial charge in [0, 0.05) is 31.2 Å². The minimum Gasteiger partial charge on any atom is -0.497 e. The lowest BCUT2D eigenvalue weighted by molar-refractivity contribution is 0.150. The minimum absolute atomic E-state index is 0.0904. The van der Waals surface area contributed by atoms with Gasteiger partial charge in [0.1, 0.15) is 11.5 Å². The van der Waals surface area contributed by atoms with E-state index in [0.29, 0.717) is 6.42 Å². The zero-order valence-corrected chi connectivity index (χ0v) is 16.8. The van der Waals surface area contributed by atoms with Crippen molar-refractivity contribution in [2.24, 2.45) is 0 Å². The Balaban J connectivity index is 2.08. The number of hydrogen-bond donors (Lipinski definition) is 1. The van der Waals surface area contributed by atoms with Crippen molar-refractivity contribution >= 4 is 11.3 Å². The fraction of sp³-hybridized carbons (Fsp3) is 0.304. The molecule has 28 heavy (non-hydrogen) atoms. The maximum Gasteiger partial charge on any atom is 0.160 e. The number of allylic oxidation sites excluding steroid dienone is 1. The van der Waals surface area contributed by atoms with Crippen LogP contribution < -0.4 is 14.4 Å². The lowest BCUT2D eigenvalue weighted by atomic mass is 9.90. The quantitative estimate of drug-likeness (QED) is 0.778. The van der Waals surface area contributed by atoms with Gasteiger partial charge in [0.05, 0.1) is 14.2 Å². The van der Waals surface area contributed by atoms with E-state index >= 15 is 0 Å². The molecule has 1 heterocycles. The molecule has 1 aliphatic rings. The van der Waals surface area contributed by atoms with Gasteiger partial charge in [-0.05, 0) is 66.5 Å². The zero-order valence-electron chi connectivity index (χ0n) is 16.8. The van der Waals surface area contributed by atoms with Crippen molar-refractivity contribution in [3.8, 4) is 11.5 Å². The molecule has 2 aromatic rings. The largest absolute Gasteiger partial charge is 0.497 e. The third-order valence-corrected chi connectivity index (χ3v) is 5.06. The van der Waals surface area contributed by atoms with Crippen molar-refractivity contribution in [1.82, 2.24) is 0 Å². The van der Waals surface area contributed by atoms with E-state index in [4.69, 9.17) is 14.2 Å². The Kier molecular flexibility index (Phi) is 6.39. The second-order valence-electron chi connectivity index (χ2n) is 6.59. The SMILES string of the molecule is COc1ccc(C2=C(C)C(CCO)=CN(c3ccc(OC)cc3)C2OC)cc1. The van der Waals surface area contributed by atoms with Crippen molar-refractivity contribution in [1.29, 1.82) is 0 Å². The first-order valence-corrected chi connectivity index (χ1v) is 9.25. The van der Waals surface area contributed by atoms with Crippen molar-refractivity contribution in [3.63, 3.8) is 0 Å². The molecule has 1 N–H and O–H groups in total. The molecule has 5 nitrogen and oxygen atoms in total. The molecule has 1 unspecified atom stereocenters. The number of nitrogens with zero attached hydrogens (tertiary/aromatic N) is 1. The van der Waals surface area contributed by atoms with Crippen molar-refractivity contribution in [2.45, 2.75) is 19.6 Å². The molecule has 5 heteroatoms. The first kappa shape index (κ1) is 20.0. The van der Waals surface area contributed by atoms with Crippen LogP contribution in [0, 0.1) is 0 Å². The van der Waals surface area contributed by atoms with E-state index in [9.17, 15) is 5.11 Å². The predicted octanol–water partition coefficient (Wildman–Crippen LogP) is 4.24. The van der Waals surface area contributed by atoms with E-state index in [2.05, 4.69) is 18.0 Å². The van der Waals surface area contributed by atoms with Crippen LogP contribution in [0.25, 0.3) is 5.57 Å². The van der Waals surface area contributed by atoms with E-state index in [1.807, 2.05) is 48.5 Å². The van der Waals surface area contributed by atoms with E-state index in [1.165, 1.54) is 0 Å². The maximum absolute atomic E-state index is 9.56. The highest BCUT2D eigenvalue weighted by Gasteiger charge is 2.30.